The summed E-state index contributed by atoms with van der Waals surface area (Å²) < 4.78 is 33.6. The van der Waals surface area contributed by atoms with Gasteiger partial charge in [0.15, 0.2) is 5.72 Å². The van der Waals surface area contributed by atoms with Crippen LogP contribution in [0.3, 0.4) is 0 Å². The first-order valence-electron chi connectivity index (χ1n) is 24.5. The first-order chi connectivity index (χ1) is 36.5. The zero-order valence-corrected chi connectivity index (χ0v) is 47.0. The molecule has 1 aromatic carbocycles. The summed E-state index contributed by atoms with van der Waals surface area (Å²) in [7, 11) is 9.88. The Morgan fingerprint density at radius 1 is 1.03 bits per heavy atom. The predicted octanol–water partition coefficient (Wildman–Crippen LogP) is -0.148. The summed E-state index contributed by atoms with van der Waals surface area (Å²) in [6.45, 7) is 13.8. The van der Waals surface area contributed by atoms with Gasteiger partial charge in [0.1, 0.15) is 66.5 Å². The highest BCUT2D eigenvalue weighted by atomic mass is 35.5. The Morgan fingerprint density at radius 3 is 2.14 bits per heavy atom. The van der Waals surface area contributed by atoms with Gasteiger partial charge in [-0.15, -0.1) is 0 Å². The summed E-state index contributed by atoms with van der Waals surface area (Å²) in [6, 6.07) is 3.04. The van der Waals surface area contributed by atoms with Crippen LogP contribution in [0.2, 0.25) is 5.02 Å². The maximum Gasteiger partial charge on any atom is 0.409 e. The lowest BCUT2D eigenvalue weighted by molar-refractivity contribution is -0.158. The molecule has 436 valence electrons. The van der Waals surface area contributed by atoms with Crippen molar-refractivity contribution in [3.05, 3.63) is 46.5 Å². The van der Waals surface area contributed by atoms with E-state index in [4.69, 9.17) is 35.3 Å². The summed E-state index contributed by atoms with van der Waals surface area (Å²) in [4.78, 5) is 106. The summed E-state index contributed by atoms with van der Waals surface area (Å²) in [5.74, 6) is 3.14. The Bertz CT molecular complexity index is 2090. The predicted molar refractivity (Wildman–Crippen MR) is 284 cm³/mol. The number of ether oxygens (including phenoxy) is 6. The van der Waals surface area contributed by atoms with E-state index in [1.54, 1.807) is 59.1 Å². The molecule has 0 aliphatic carbocycles. The second-order valence-corrected chi connectivity index (χ2v) is 18.0. The van der Waals surface area contributed by atoms with Crippen LogP contribution in [0.15, 0.2) is 35.9 Å². The molecule has 0 radical (unpaired) electrons. The Balaban J connectivity index is 0.00000150. The maximum atomic E-state index is 13.9. The molecule has 9 N–H and O–H groups in total. The van der Waals surface area contributed by atoms with Gasteiger partial charge in [0.25, 0.3) is 0 Å². The van der Waals surface area contributed by atoms with Crippen LogP contribution < -0.4 is 47.4 Å². The molecular weight excluding hydrogens is 1030 g/mol. The first kappa shape index (κ1) is 70.9. The average molecular weight is 1120 g/mol. The molecule has 1 aromatic rings. The number of halogens is 1. The molecular formula is C50H82ClN9O17. The van der Waals surface area contributed by atoms with E-state index in [-0.39, 0.29) is 61.9 Å². The number of hydrogen-bond donors (Lipinski definition) is 8. The van der Waals surface area contributed by atoms with Gasteiger partial charge >= 0.3 is 12.1 Å². The van der Waals surface area contributed by atoms with Crippen LogP contribution in [0.4, 0.5) is 10.5 Å². The van der Waals surface area contributed by atoms with Crippen molar-refractivity contribution in [3.63, 3.8) is 0 Å². The smallest absolute Gasteiger partial charge is 0.409 e. The third-order valence-electron chi connectivity index (χ3n) is 11.6. The number of epoxide rings is 1. The van der Waals surface area contributed by atoms with Crippen molar-refractivity contribution >= 4 is 72.5 Å². The Kier molecular flexibility index (Phi) is 35.4. The fraction of sp³-hybridized carbons (Fsp3) is 0.620. The van der Waals surface area contributed by atoms with Crippen LogP contribution >= 0.6 is 11.6 Å². The van der Waals surface area contributed by atoms with Crippen LogP contribution in [-0.4, -0.2) is 202 Å². The van der Waals surface area contributed by atoms with Crippen molar-refractivity contribution in [1.82, 2.24) is 36.8 Å². The van der Waals surface area contributed by atoms with Crippen molar-refractivity contribution in [2.24, 2.45) is 11.8 Å². The highest BCUT2D eigenvalue weighted by Gasteiger charge is 2.64. The van der Waals surface area contributed by atoms with E-state index < -0.39 is 59.8 Å². The molecule has 4 rings (SSSR count). The van der Waals surface area contributed by atoms with E-state index in [9.17, 15) is 48.3 Å². The molecule has 3 aliphatic rings. The van der Waals surface area contributed by atoms with E-state index in [0.717, 1.165) is 24.0 Å². The number of rotatable bonds is 20. The maximum absolute atomic E-state index is 13.9. The number of nitrogens with zero attached hydrogens (tertiary/aromatic N) is 2. The molecule has 3 heterocycles. The monoisotopic (exact) mass is 1120 g/mol. The summed E-state index contributed by atoms with van der Waals surface area (Å²) >= 11 is 6.71. The number of aldehydes is 2. The number of alkyl carbamates (subject to hydrolysis) is 1. The molecule has 2 saturated heterocycles. The minimum atomic E-state index is -1.78. The minimum absolute atomic E-state index is 0.00466. The number of methoxy groups -OCH3 is 2. The minimum Gasteiger partial charge on any atom is -0.495 e. The van der Waals surface area contributed by atoms with Gasteiger partial charge in [-0.25, -0.2) is 10.7 Å². The number of carbonyl (C=O) groups excluding carboxylic acids is 9. The highest BCUT2D eigenvalue weighted by Crippen LogP contribution is 2.49. The summed E-state index contributed by atoms with van der Waals surface area (Å²) in [5, 5.41) is 26.9. The van der Waals surface area contributed by atoms with Gasteiger partial charge in [-0.1, -0.05) is 42.3 Å². The molecule has 3 aliphatic heterocycles. The summed E-state index contributed by atoms with van der Waals surface area (Å²) in [5.41, 5.74) is -0.642. The quantitative estimate of drug-likeness (QED) is 0.0277. The fourth-order valence-corrected chi connectivity index (χ4v) is 7.49. The number of fused-ring (bicyclic) bond motifs is 5. The van der Waals surface area contributed by atoms with Gasteiger partial charge in [-0.05, 0) is 79.9 Å². The van der Waals surface area contributed by atoms with E-state index in [0.29, 0.717) is 56.7 Å². The number of nitrogens with two attached hydrogens (primary N) is 1. The van der Waals surface area contributed by atoms with Crippen molar-refractivity contribution < 1.29 is 81.5 Å². The first-order valence-corrected chi connectivity index (χ1v) is 24.9. The molecule has 26 nitrogen and oxygen atoms in total. The number of anilines is 1. The Morgan fingerprint density at radius 2 is 1.65 bits per heavy atom. The molecule has 4 bridgehead atoms. The number of nitrogens with one attached hydrogen (secondary N) is 6. The molecule has 27 heteroatoms. The van der Waals surface area contributed by atoms with Crippen molar-refractivity contribution in [3.8, 4) is 5.75 Å². The highest BCUT2D eigenvalue weighted by molar-refractivity contribution is 6.35. The van der Waals surface area contributed by atoms with Crippen molar-refractivity contribution in [1.29, 1.82) is 0 Å². The molecule has 8 unspecified atom stereocenters. The van der Waals surface area contributed by atoms with Crippen LogP contribution in [0, 0.1) is 5.92 Å². The normalized spacial score (nSPS) is 23.9. The number of hydrogen-bond acceptors (Lipinski definition) is 20. The molecule has 77 heavy (non-hydrogen) atoms. The molecule has 0 saturated carbocycles. The second kappa shape index (κ2) is 38.4. The number of carbonyl (C=O) groups is 9. The number of likely N-dealkylation sites (N-methyl/N-ethyl adjacent to an activating group) is 3. The lowest BCUT2D eigenvalue weighted by Gasteiger charge is -2.42. The molecule has 0 aromatic heterocycles. The lowest BCUT2D eigenvalue weighted by Crippen LogP contribution is -2.63. The largest absolute Gasteiger partial charge is 0.495 e. The number of esters is 1. The molecule has 0 spiro atoms. The Labute approximate surface area is 456 Å². The SMILES string of the molecule is CCNC(=O)CNC=O.CCOCC=O.CNCCNC(=O)CNC=O.COc1cc2cc(c1Cl)N(C)C(=O)CC(OC(=O)C(C)N(C)C)C1(C)OC1C(C)C1CC(O)(NC(=O)O1)C(OC)/C=C/C=C(\C)C2.NOCC=O. The number of amides is 6. The standard InChI is InChI=1S/C33H46ClN3O9.C6H13N3O2.C5H10N2O2.C4H8O2.C2H5NO2/c1-18-11-10-12-25(43-9)33(41)17-24(44-31(40)35-33)19(2)29-32(4,46-29)26(45-30(39)20(3)36(5)6)16-27(38)37(7)22-14-21(13-18)15-23(42-8)28(22)34;1-7-2-3-9-6(11)4-8-5-10;1-2-7-5(9)3-6-4-8;1-2-6-4-3-5;3-5-2-1-4/h10-12,14-15,19-20,24-26,29,41H,13,16-17H2,1-9H3,(H,35,40);5,7H,2-4H2,1H3,(H,8,10)(H,9,11);4H,2-3H2,1H3,(H,6,8)(H,7,9);3H,2,4H2,1H3;1H,2-3H2/b12-10+,18-11+;;;;. The van der Waals surface area contributed by atoms with Gasteiger partial charge in [0.05, 0.1) is 38.4 Å². The van der Waals surface area contributed by atoms with Crippen LogP contribution in [0.25, 0.3) is 0 Å². The summed E-state index contributed by atoms with van der Waals surface area (Å²) in [6.07, 6.45) is 3.85. The van der Waals surface area contributed by atoms with Gasteiger partial charge in [0.2, 0.25) is 30.5 Å². The number of benzene rings is 1. The Hall–Kier alpha value is -6.10. The third kappa shape index (κ3) is 25.7. The van der Waals surface area contributed by atoms with Gasteiger partial charge in [-0.3, -0.25) is 43.8 Å². The molecule has 2 fully saturated rings. The van der Waals surface area contributed by atoms with Crippen LogP contribution in [0.1, 0.15) is 59.9 Å². The van der Waals surface area contributed by atoms with Crippen LogP contribution in [-0.2, 0) is 73.3 Å². The third-order valence-corrected chi connectivity index (χ3v) is 12.0. The van der Waals surface area contributed by atoms with E-state index in [2.05, 4.69) is 47.4 Å². The molecule has 8 atom stereocenters. The fourth-order valence-electron chi connectivity index (χ4n) is 7.18. The molecule has 6 amide bonds. The van der Waals surface area contributed by atoms with Gasteiger partial charge in [-0.2, -0.15) is 0 Å². The van der Waals surface area contributed by atoms with E-state index >= 15 is 0 Å². The number of allylic oxidation sites excluding steroid dienone is 3. The zero-order valence-electron chi connectivity index (χ0n) is 46.3. The van der Waals surface area contributed by atoms with Crippen molar-refractivity contribution in [2.75, 3.05) is 99.9 Å². The lowest BCUT2D eigenvalue weighted by atomic mass is 9.83. The zero-order chi connectivity index (χ0) is 58.7. The van der Waals surface area contributed by atoms with E-state index in [1.807, 2.05) is 45.9 Å². The van der Waals surface area contributed by atoms with Gasteiger partial charge in [0, 0.05) is 52.7 Å². The van der Waals surface area contributed by atoms with E-state index in [1.165, 1.54) is 19.1 Å². The number of aliphatic hydroxyl groups is 1. The van der Waals surface area contributed by atoms with Crippen molar-refractivity contribution in [2.45, 2.75) is 103 Å². The average Bonchev–Trinajstić information content (AvgIpc) is 4.09. The van der Waals surface area contributed by atoms with Gasteiger partial charge < -0.3 is 74.6 Å². The topological polar surface area (TPSA) is 346 Å². The second-order valence-electron chi connectivity index (χ2n) is 17.6. The van der Waals surface area contributed by atoms with Crippen LogP contribution in [0.5, 0.6) is 5.75 Å².